The first-order valence-electron chi connectivity index (χ1n) is 8.88. The minimum atomic E-state index is -0.621. The average molecular weight is 401 g/mol. The predicted octanol–water partition coefficient (Wildman–Crippen LogP) is 0.842. The van der Waals surface area contributed by atoms with E-state index in [4.69, 9.17) is 14.3 Å². The minimum Gasteiger partial charge on any atom is -0.441 e. The fourth-order valence-electron chi connectivity index (χ4n) is 3.37. The van der Waals surface area contributed by atoms with Gasteiger partial charge in [0, 0.05) is 0 Å². The number of rotatable bonds is 4. The van der Waals surface area contributed by atoms with Crippen LogP contribution in [0.5, 0.6) is 0 Å². The van der Waals surface area contributed by atoms with Gasteiger partial charge in [0.2, 0.25) is 5.89 Å². The number of nitrogens with zero attached hydrogens (tertiary/aromatic N) is 7. The van der Waals surface area contributed by atoms with E-state index in [9.17, 15) is 9.18 Å². The number of ether oxygens (including phenoxy) is 1. The molecule has 150 valence electrons. The second-order valence-corrected chi connectivity index (χ2v) is 6.79. The fraction of sp³-hybridized carbons (Fsp3) is 0.353. The Bertz CT molecular complexity index is 1070. The minimum absolute atomic E-state index is 0.160. The lowest BCUT2D eigenvalue weighted by Crippen LogP contribution is -2.25. The highest BCUT2D eigenvalue weighted by atomic mass is 19.1. The molecule has 2 aromatic heterocycles. The van der Waals surface area contributed by atoms with Crippen LogP contribution in [0, 0.1) is 5.82 Å². The Morgan fingerprint density at radius 3 is 2.86 bits per heavy atom. The van der Waals surface area contributed by atoms with E-state index >= 15 is 0 Å². The van der Waals surface area contributed by atoms with Crippen molar-refractivity contribution in [1.82, 2.24) is 25.2 Å². The predicted molar refractivity (Wildman–Crippen MR) is 95.3 cm³/mol. The van der Waals surface area contributed by atoms with Gasteiger partial charge in [-0.3, -0.25) is 4.90 Å². The lowest BCUT2D eigenvalue weighted by Gasteiger charge is -2.13. The smallest absolute Gasteiger partial charge is 0.414 e. The fourth-order valence-corrected chi connectivity index (χ4v) is 3.37. The summed E-state index contributed by atoms with van der Waals surface area (Å²) in [5, 5.41) is 21.0. The number of oxazole rings is 1. The maximum Gasteiger partial charge on any atom is 0.414 e. The van der Waals surface area contributed by atoms with Crippen molar-refractivity contribution in [2.75, 3.05) is 23.0 Å². The van der Waals surface area contributed by atoms with E-state index in [0.29, 0.717) is 36.2 Å². The first kappa shape index (κ1) is 17.6. The Kier molecular flexibility index (Phi) is 3.94. The van der Waals surface area contributed by atoms with Gasteiger partial charge in [-0.25, -0.2) is 14.2 Å². The number of hydrogen-bond donors (Lipinski definition) is 1. The summed E-state index contributed by atoms with van der Waals surface area (Å²) in [6.07, 6.45) is -1.24. The molecule has 0 radical (unpaired) electrons. The topological polar surface area (TPSA) is 123 Å². The van der Waals surface area contributed by atoms with E-state index in [1.54, 1.807) is 13.1 Å². The summed E-state index contributed by atoms with van der Waals surface area (Å²) < 4.78 is 25.5. The maximum atomic E-state index is 14.7. The molecule has 11 nitrogen and oxygen atoms in total. The molecular formula is C17H16FN7O4. The van der Waals surface area contributed by atoms with E-state index in [1.165, 1.54) is 21.8 Å². The number of cyclic esters (lactones) is 1. The average Bonchev–Trinajstić information content (AvgIpc) is 3.44. The standard InChI is InChI=1S/C17H16FN7O4/c1-23-21-16(20-22-23)24-6-13-14(7-24)29-15(19-13)11-3-2-9(4-12(11)18)25-5-10(8-26)28-17(25)27/h2-4,10,26H,5-8H2,1H3/t10-/m1/s1. The van der Waals surface area contributed by atoms with Crippen LogP contribution in [0.25, 0.3) is 11.5 Å². The van der Waals surface area contributed by atoms with Gasteiger partial charge >= 0.3 is 6.09 Å². The van der Waals surface area contributed by atoms with Crippen molar-refractivity contribution >= 4 is 17.7 Å². The quantitative estimate of drug-likeness (QED) is 0.677. The highest BCUT2D eigenvalue weighted by Crippen LogP contribution is 2.33. The lowest BCUT2D eigenvalue weighted by molar-refractivity contribution is 0.0963. The molecule has 1 fully saturated rings. The summed E-state index contributed by atoms with van der Waals surface area (Å²) >= 11 is 0. The molecule has 0 saturated carbocycles. The number of carbonyl (C=O) groups is 1. The number of hydrogen-bond acceptors (Lipinski definition) is 9. The Labute approximate surface area is 163 Å². The monoisotopic (exact) mass is 401 g/mol. The van der Waals surface area contributed by atoms with Gasteiger partial charge in [-0.1, -0.05) is 5.10 Å². The van der Waals surface area contributed by atoms with Crippen LogP contribution in [0.4, 0.5) is 20.8 Å². The van der Waals surface area contributed by atoms with Crippen molar-refractivity contribution < 1.29 is 23.4 Å². The van der Waals surface area contributed by atoms with Crippen LogP contribution in [-0.4, -0.2) is 55.6 Å². The van der Waals surface area contributed by atoms with E-state index in [2.05, 4.69) is 20.4 Å². The number of aliphatic hydroxyl groups excluding tert-OH is 1. The molecule has 2 aliphatic heterocycles. The van der Waals surface area contributed by atoms with Gasteiger partial charge in [-0.05, 0) is 23.4 Å². The third kappa shape index (κ3) is 2.97. The van der Waals surface area contributed by atoms with E-state index in [-0.39, 0.29) is 24.6 Å². The number of tetrazole rings is 1. The molecule has 0 spiro atoms. The summed E-state index contributed by atoms with van der Waals surface area (Å²) in [6.45, 7) is 0.724. The van der Waals surface area contributed by atoms with Crippen molar-refractivity contribution in [2.24, 2.45) is 7.05 Å². The van der Waals surface area contributed by atoms with Crippen LogP contribution in [0.2, 0.25) is 0 Å². The number of anilines is 2. The zero-order chi connectivity index (χ0) is 20.1. The van der Waals surface area contributed by atoms with Gasteiger partial charge < -0.3 is 19.2 Å². The van der Waals surface area contributed by atoms with E-state index in [1.807, 2.05) is 4.90 Å². The molecule has 1 amide bonds. The highest BCUT2D eigenvalue weighted by Gasteiger charge is 2.33. The first-order chi connectivity index (χ1) is 14.0. The summed E-state index contributed by atoms with van der Waals surface area (Å²) in [7, 11) is 1.68. The van der Waals surface area contributed by atoms with Crippen LogP contribution in [0.3, 0.4) is 0 Å². The van der Waals surface area contributed by atoms with Crippen LogP contribution in [0.1, 0.15) is 11.5 Å². The zero-order valence-corrected chi connectivity index (χ0v) is 15.3. The normalized spacial score (nSPS) is 18.4. The molecule has 1 N–H and O–H groups in total. The number of amides is 1. The number of benzene rings is 1. The molecule has 1 aromatic carbocycles. The molecule has 1 saturated heterocycles. The van der Waals surface area contributed by atoms with Crippen LogP contribution in [0.15, 0.2) is 22.6 Å². The third-order valence-electron chi connectivity index (χ3n) is 4.81. The van der Waals surface area contributed by atoms with Crippen LogP contribution in [-0.2, 0) is 24.9 Å². The number of carbonyl (C=O) groups excluding carboxylic acids is 1. The summed E-state index contributed by atoms with van der Waals surface area (Å²) in [5.74, 6) is 0.680. The molecule has 29 heavy (non-hydrogen) atoms. The Morgan fingerprint density at radius 2 is 2.21 bits per heavy atom. The van der Waals surface area contributed by atoms with Crippen LogP contribution < -0.4 is 9.80 Å². The van der Waals surface area contributed by atoms with Gasteiger partial charge in [-0.15, -0.1) is 5.10 Å². The highest BCUT2D eigenvalue weighted by molar-refractivity contribution is 5.90. The first-order valence-corrected chi connectivity index (χ1v) is 8.88. The third-order valence-corrected chi connectivity index (χ3v) is 4.81. The van der Waals surface area contributed by atoms with Gasteiger partial charge in [0.05, 0.1) is 44.5 Å². The van der Waals surface area contributed by atoms with Gasteiger partial charge in [0.1, 0.15) is 23.4 Å². The van der Waals surface area contributed by atoms with Gasteiger partial charge in [0.25, 0.3) is 5.95 Å². The van der Waals surface area contributed by atoms with Crippen molar-refractivity contribution in [3.63, 3.8) is 0 Å². The molecule has 0 aliphatic carbocycles. The van der Waals surface area contributed by atoms with Crippen molar-refractivity contribution in [3.8, 4) is 11.5 Å². The maximum absolute atomic E-state index is 14.7. The number of fused-ring (bicyclic) bond motifs is 1. The second kappa shape index (κ2) is 6.51. The Morgan fingerprint density at radius 1 is 1.34 bits per heavy atom. The number of aryl methyl sites for hydroxylation is 1. The molecule has 0 unspecified atom stereocenters. The van der Waals surface area contributed by atoms with Gasteiger partial charge in [0.15, 0.2) is 0 Å². The van der Waals surface area contributed by atoms with E-state index < -0.39 is 18.0 Å². The van der Waals surface area contributed by atoms with Crippen molar-refractivity contribution in [3.05, 3.63) is 35.5 Å². The second-order valence-electron chi connectivity index (χ2n) is 6.79. The lowest BCUT2D eigenvalue weighted by atomic mass is 10.1. The molecule has 12 heteroatoms. The summed E-state index contributed by atoms with van der Waals surface area (Å²) in [6, 6.07) is 4.32. The molecule has 1 atom stereocenters. The van der Waals surface area contributed by atoms with Crippen molar-refractivity contribution in [1.29, 1.82) is 0 Å². The Hall–Kier alpha value is -3.54. The summed E-state index contributed by atoms with van der Waals surface area (Å²) in [4.78, 5) is 20.8. The molecule has 5 rings (SSSR count). The largest absolute Gasteiger partial charge is 0.441 e. The van der Waals surface area contributed by atoms with Gasteiger partial charge in [-0.2, -0.15) is 4.80 Å². The molecule has 3 aromatic rings. The molecular weight excluding hydrogens is 385 g/mol. The van der Waals surface area contributed by atoms with E-state index in [0.717, 1.165) is 0 Å². The molecule has 0 bridgehead atoms. The van der Waals surface area contributed by atoms with Crippen LogP contribution >= 0.6 is 0 Å². The SMILES string of the molecule is Cn1nnc(N2Cc3nc(-c4ccc(N5C[C@H](CO)OC5=O)cc4F)oc3C2)n1. The summed E-state index contributed by atoms with van der Waals surface area (Å²) in [5.41, 5.74) is 1.22. The van der Waals surface area contributed by atoms with Crippen molar-refractivity contribution in [2.45, 2.75) is 19.2 Å². The molecule has 4 heterocycles. The number of aromatic nitrogens is 5. The molecule has 2 aliphatic rings. The Balaban J connectivity index is 1.36. The number of halogens is 1. The zero-order valence-electron chi connectivity index (χ0n) is 15.3. The number of aliphatic hydroxyl groups is 1.